The minimum Gasteiger partial charge on any atom is -0.391 e. The van der Waals surface area contributed by atoms with Gasteiger partial charge in [-0.15, -0.1) is 0 Å². The molecule has 0 spiro atoms. The molecule has 1 heteroatoms. The molecule has 0 bridgehead atoms. The molecule has 0 atom stereocenters. The van der Waals surface area contributed by atoms with Crippen LogP contribution in [-0.4, -0.2) is 7.05 Å². The summed E-state index contributed by atoms with van der Waals surface area (Å²) < 4.78 is 0. The highest BCUT2D eigenvalue weighted by atomic mass is 14.8. The van der Waals surface area contributed by atoms with E-state index in [4.69, 9.17) is 0 Å². The van der Waals surface area contributed by atoms with Crippen molar-refractivity contribution in [2.24, 2.45) is 0 Å². The third-order valence-electron chi connectivity index (χ3n) is 2.05. The van der Waals surface area contributed by atoms with Crippen molar-refractivity contribution in [2.75, 3.05) is 7.05 Å². The lowest BCUT2D eigenvalue weighted by Crippen LogP contribution is -2.11. The molecule has 0 unspecified atom stereocenters. The molecule has 1 rings (SSSR count). The first-order valence-corrected chi connectivity index (χ1v) is 6.12. The summed E-state index contributed by atoms with van der Waals surface area (Å²) in [6, 6.07) is 0. The topological polar surface area (TPSA) is 12.0 Å². The molecular formula is C13H31N. The lowest BCUT2D eigenvalue weighted by molar-refractivity contribution is 0.639. The Balaban J connectivity index is -0.000000209. The molecule has 14 heavy (non-hydrogen) atoms. The zero-order valence-corrected chi connectivity index (χ0v) is 11.0. The van der Waals surface area contributed by atoms with E-state index >= 15 is 0 Å². The highest BCUT2D eigenvalue weighted by Gasteiger charge is 2.05. The fourth-order valence-corrected chi connectivity index (χ4v) is 1.39. The van der Waals surface area contributed by atoms with Gasteiger partial charge < -0.3 is 5.32 Å². The third-order valence-corrected chi connectivity index (χ3v) is 2.05. The van der Waals surface area contributed by atoms with Crippen molar-refractivity contribution >= 4 is 0 Å². The van der Waals surface area contributed by atoms with Crippen LogP contribution in [-0.2, 0) is 0 Å². The Morgan fingerprint density at radius 2 is 1.57 bits per heavy atom. The predicted molar refractivity (Wildman–Crippen MR) is 69.7 cm³/mol. The van der Waals surface area contributed by atoms with Crippen molar-refractivity contribution < 1.29 is 1.43 Å². The summed E-state index contributed by atoms with van der Waals surface area (Å²) in [5.41, 5.74) is 3.03. The van der Waals surface area contributed by atoms with Crippen LogP contribution in [0.1, 0.15) is 68.1 Å². The summed E-state index contributed by atoms with van der Waals surface area (Å²) in [7, 11) is 2.02. The second kappa shape index (κ2) is 12.5. The molecule has 1 nitrogen and oxygen atoms in total. The molecule has 0 radical (unpaired) electrons. The van der Waals surface area contributed by atoms with Gasteiger partial charge in [0.2, 0.25) is 0 Å². The van der Waals surface area contributed by atoms with Gasteiger partial charge in [-0.1, -0.05) is 39.7 Å². The van der Waals surface area contributed by atoms with E-state index in [0.717, 1.165) is 0 Å². The first kappa shape index (κ1) is 16.0. The highest BCUT2D eigenvalue weighted by Crippen LogP contribution is 2.21. The van der Waals surface area contributed by atoms with Crippen LogP contribution >= 0.6 is 0 Å². The van der Waals surface area contributed by atoms with Gasteiger partial charge in [0.05, 0.1) is 0 Å². The smallest absolute Gasteiger partial charge is 0.00931 e. The summed E-state index contributed by atoms with van der Waals surface area (Å²) >= 11 is 0. The normalized spacial score (nSPS) is 14.7. The summed E-state index contributed by atoms with van der Waals surface area (Å²) in [6.07, 6.45) is 6.57. The van der Waals surface area contributed by atoms with Gasteiger partial charge in [-0.05, 0) is 32.6 Å². The fraction of sp³-hybridized carbons (Fsp3) is 0.846. The first-order valence-electron chi connectivity index (χ1n) is 6.12. The Bertz CT molecular complexity index is 141. The number of rotatable bonds is 1. The molecule has 1 N–H and O–H groups in total. The van der Waals surface area contributed by atoms with Gasteiger partial charge in [0.15, 0.2) is 0 Å². The lowest BCUT2D eigenvalue weighted by atomic mass is 9.98. The largest absolute Gasteiger partial charge is 0.391 e. The minimum atomic E-state index is 0. The maximum Gasteiger partial charge on any atom is 0.00931 e. The monoisotopic (exact) mass is 201 g/mol. The van der Waals surface area contributed by atoms with E-state index in [-0.39, 0.29) is 1.43 Å². The van der Waals surface area contributed by atoms with Gasteiger partial charge in [0.1, 0.15) is 0 Å². The number of nitrogens with one attached hydrogen (secondary N) is 1. The standard InChI is InChI=1S/C8H15N.C3H8.C2H6.H2/c1-7-5-3-4-6-8(7)9-2;1-3-2;1-2;/h9H,3-6H2,1-2H3;3H2,1-2H3;1-2H3;1H. The van der Waals surface area contributed by atoms with Crippen LogP contribution in [0.5, 0.6) is 0 Å². The van der Waals surface area contributed by atoms with Gasteiger partial charge >= 0.3 is 0 Å². The summed E-state index contributed by atoms with van der Waals surface area (Å²) in [5, 5.41) is 3.23. The van der Waals surface area contributed by atoms with E-state index in [2.05, 4.69) is 26.1 Å². The molecule has 0 saturated heterocycles. The van der Waals surface area contributed by atoms with E-state index in [1.807, 2.05) is 20.9 Å². The molecule has 0 saturated carbocycles. The Morgan fingerprint density at radius 1 is 1.14 bits per heavy atom. The van der Waals surface area contributed by atoms with Gasteiger partial charge in [0, 0.05) is 14.2 Å². The third kappa shape index (κ3) is 8.15. The quantitative estimate of drug-likeness (QED) is 0.646. The Morgan fingerprint density at radius 3 is 1.86 bits per heavy atom. The van der Waals surface area contributed by atoms with Crippen molar-refractivity contribution in [3.63, 3.8) is 0 Å². The molecule has 88 valence electrons. The fourth-order valence-electron chi connectivity index (χ4n) is 1.39. The van der Waals surface area contributed by atoms with Crippen LogP contribution in [0.4, 0.5) is 0 Å². The van der Waals surface area contributed by atoms with E-state index in [0.29, 0.717) is 0 Å². The lowest BCUT2D eigenvalue weighted by Gasteiger charge is -2.16. The zero-order chi connectivity index (χ0) is 11.4. The van der Waals surface area contributed by atoms with Crippen LogP contribution in [0, 0.1) is 0 Å². The zero-order valence-electron chi connectivity index (χ0n) is 11.0. The van der Waals surface area contributed by atoms with Gasteiger partial charge in [-0.3, -0.25) is 0 Å². The molecule has 0 heterocycles. The minimum absolute atomic E-state index is 0. The Labute approximate surface area is 92.5 Å². The average molecular weight is 201 g/mol. The molecule has 0 aromatic heterocycles. The summed E-state index contributed by atoms with van der Waals surface area (Å²) in [4.78, 5) is 0. The van der Waals surface area contributed by atoms with E-state index in [9.17, 15) is 0 Å². The Kier molecular flexibility index (Phi) is 14.3. The van der Waals surface area contributed by atoms with Crippen LogP contribution in [0.3, 0.4) is 0 Å². The predicted octanol–water partition coefficient (Wildman–Crippen LogP) is 4.74. The van der Waals surface area contributed by atoms with Crippen LogP contribution in [0.15, 0.2) is 11.3 Å². The SMILES string of the molecule is CC.CCC.CNC1=C(C)CCCC1.[HH]. The Hall–Kier alpha value is -0.460. The second-order valence-electron chi connectivity index (χ2n) is 3.42. The molecule has 1 aliphatic carbocycles. The molecule has 0 aromatic carbocycles. The number of allylic oxidation sites excluding steroid dienone is 2. The number of hydrogen-bond acceptors (Lipinski definition) is 1. The summed E-state index contributed by atoms with van der Waals surface area (Å²) in [5.74, 6) is 0. The molecule has 0 aromatic rings. The van der Waals surface area contributed by atoms with Crippen molar-refractivity contribution in [1.29, 1.82) is 0 Å². The van der Waals surface area contributed by atoms with Crippen LogP contribution in [0.25, 0.3) is 0 Å². The average Bonchev–Trinajstić information content (AvgIpc) is 2.23. The van der Waals surface area contributed by atoms with Crippen molar-refractivity contribution in [3.05, 3.63) is 11.3 Å². The number of hydrogen-bond donors (Lipinski definition) is 1. The van der Waals surface area contributed by atoms with Crippen molar-refractivity contribution in [2.45, 2.75) is 66.7 Å². The van der Waals surface area contributed by atoms with Crippen molar-refractivity contribution in [3.8, 4) is 0 Å². The molecule has 1 aliphatic rings. The maximum atomic E-state index is 3.23. The molecule has 0 aliphatic heterocycles. The van der Waals surface area contributed by atoms with Crippen LogP contribution < -0.4 is 5.32 Å². The molecule has 0 amide bonds. The maximum absolute atomic E-state index is 3.23. The first-order chi connectivity index (χ1) is 6.76. The second-order valence-corrected chi connectivity index (χ2v) is 3.42. The van der Waals surface area contributed by atoms with E-state index < -0.39 is 0 Å². The van der Waals surface area contributed by atoms with E-state index in [1.54, 1.807) is 5.57 Å². The van der Waals surface area contributed by atoms with Crippen molar-refractivity contribution in [1.82, 2.24) is 5.32 Å². The highest BCUT2D eigenvalue weighted by molar-refractivity contribution is 5.12. The molecule has 0 fully saturated rings. The van der Waals surface area contributed by atoms with E-state index in [1.165, 1.54) is 37.8 Å². The van der Waals surface area contributed by atoms with Gasteiger partial charge in [-0.25, -0.2) is 0 Å². The van der Waals surface area contributed by atoms with Gasteiger partial charge in [0.25, 0.3) is 0 Å². The van der Waals surface area contributed by atoms with Gasteiger partial charge in [-0.2, -0.15) is 0 Å². The van der Waals surface area contributed by atoms with Crippen LogP contribution in [0.2, 0.25) is 0 Å². The molecular weight excluding hydrogens is 170 g/mol. The summed E-state index contributed by atoms with van der Waals surface area (Å²) in [6.45, 7) is 10.5.